The van der Waals surface area contributed by atoms with Gasteiger partial charge in [-0.05, 0) is 137 Å². The number of carbonyl (C=O) groups excluding carboxylic acids is 1. The summed E-state index contributed by atoms with van der Waals surface area (Å²) in [6.45, 7) is 23.1. The number of rotatable bonds is 20. The molecule has 2 rings (SSSR count). The van der Waals surface area contributed by atoms with E-state index in [1.54, 1.807) is 0 Å². The third kappa shape index (κ3) is 18.0. The summed E-state index contributed by atoms with van der Waals surface area (Å²) < 4.78 is 5.46. The molecule has 1 saturated heterocycles. The summed E-state index contributed by atoms with van der Waals surface area (Å²) in [6.07, 6.45) is 25.8. The van der Waals surface area contributed by atoms with E-state index in [4.69, 9.17) is 4.74 Å². The zero-order chi connectivity index (χ0) is 32.2. The van der Waals surface area contributed by atoms with Gasteiger partial charge in [-0.25, -0.2) is 0 Å². The number of allylic oxidation sites excluding steroid dienone is 11. The van der Waals surface area contributed by atoms with Crippen LogP contribution in [0.15, 0.2) is 70.4 Å². The Labute approximate surface area is 271 Å². The number of nitrogens with zero attached hydrogens (tertiary/aromatic N) is 1. The fourth-order valence-electron chi connectivity index (χ4n) is 6.23. The van der Waals surface area contributed by atoms with E-state index in [9.17, 15) is 4.79 Å². The Morgan fingerprint density at radius 3 is 2.14 bits per heavy atom. The van der Waals surface area contributed by atoms with Crippen LogP contribution in [0.2, 0.25) is 0 Å². The smallest absolute Gasteiger partial charge is 0.223 e. The number of nitrogens with one attached hydrogen (secondary N) is 1. The molecule has 0 aromatic carbocycles. The van der Waals surface area contributed by atoms with Crippen molar-refractivity contribution in [1.82, 2.24) is 10.2 Å². The molecule has 0 radical (unpaired) electrons. The van der Waals surface area contributed by atoms with Crippen LogP contribution in [0, 0.1) is 11.8 Å². The summed E-state index contributed by atoms with van der Waals surface area (Å²) in [4.78, 5) is 15.8. The lowest BCUT2D eigenvalue weighted by atomic mass is 9.78. The molecule has 0 aromatic rings. The van der Waals surface area contributed by atoms with Crippen molar-refractivity contribution in [3.63, 3.8) is 0 Å². The summed E-state index contributed by atoms with van der Waals surface area (Å²) in [5, 5.41) is 3.29. The van der Waals surface area contributed by atoms with Gasteiger partial charge in [0, 0.05) is 25.6 Å². The highest BCUT2D eigenvalue weighted by Crippen LogP contribution is 2.34. The Morgan fingerprint density at radius 2 is 1.50 bits per heavy atom. The molecule has 1 fully saturated rings. The van der Waals surface area contributed by atoms with Crippen LogP contribution in [0.25, 0.3) is 0 Å². The van der Waals surface area contributed by atoms with Gasteiger partial charge in [0.2, 0.25) is 5.91 Å². The predicted molar refractivity (Wildman–Crippen MR) is 191 cm³/mol. The van der Waals surface area contributed by atoms with Crippen LogP contribution in [0.1, 0.15) is 125 Å². The summed E-state index contributed by atoms with van der Waals surface area (Å²) in [7, 11) is 0. The van der Waals surface area contributed by atoms with E-state index < -0.39 is 0 Å². The lowest BCUT2D eigenvalue weighted by Gasteiger charge is -2.29. The molecule has 1 heterocycles. The van der Waals surface area contributed by atoms with Crippen LogP contribution < -0.4 is 5.32 Å². The monoisotopic (exact) mass is 607 g/mol. The summed E-state index contributed by atoms with van der Waals surface area (Å²) >= 11 is 0. The molecule has 1 aliphatic carbocycles. The predicted octanol–water partition coefficient (Wildman–Crippen LogP) is 10.1. The van der Waals surface area contributed by atoms with Gasteiger partial charge in [-0.3, -0.25) is 9.69 Å². The van der Waals surface area contributed by atoms with E-state index in [-0.39, 0.29) is 11.8 Å². The number of ether oxygens (including phenoxy) is 1. The molecule has 1 amide bonds. The van der Waals surface area contributed by atoms with Gasteiger partial charge >= 0.3 is 0 Å². The first-order chi connectivity index (χ1) is 21.1. The lowest BCUT2D eigenvalue weighted by Crippen LogP contribution is -2.39. The molecule has 0 aromatic heterocycles. The Bertz CT molecular complexity index is 1010. The summed E-state index contributed by atoms with van der Waals surface area (Å²) in [5.41, 5.74) is 8.57. The highest BCUT2D eigenvalue weighted by atomic mass is 16.5. The molecule has 4 nitrogen and oxygen atoms in total. The van der Waals surface area contributed by atoms with Gasteiger partial charge < -0.3 is 10.1 Å². The van der Waals surface area contributed by atoms with Gasteiger partial charge in [-0.1, -0.05) is 70.4 Å². The zero-order valence-electron chi connectivity index (χ0n) is 29.4. The summed E-state index contributed by atoms with van der Waals surface area (Å²) in [5.74, 6) is 0.804. The Balaban J connectivity index is 1.88. The molecule has 1 N–H and O–H groups in total. The van der Waals surface area contributed by atoms with E-state index in [1.165, 1.54) is 33.4 Å². The van der Waals surface area contributed by atoms with Crippen molar-refractivity contribution in [3.05, 3.63) is 70.4 Å². The quantitative estimate of drug-likeness (QED) is 0.111. The number of hydrogen-bond donors (Lipinski definition) is 1. The van der Waals surface area contributed by atoms with Crippen molar-refractivity contribution in [2.75, 3.05) is 39.4 Å². The van der Waals surface area contributed by atoms with Crippen molar-refractivity contribution < 1.29 is 9.53 Å². The van der Waals surface area contributed by atoms with E-state index in [0.29, 0.717) is 5.92 Å². The standard InChI is InChI=1S/C40H66N2O2/c1-32(2)13-8-15-34(5)17-10-18-36(7)21-22-38-29-37(20-11-19-35(6)16-9-14-33(3)4)30-39(31-38)40(43)41-23-12-24-42-25-27-44-28-26-42/h13-14,17,19,29,38-39H,7-12,15-16,18,20-28,30-31H2,1-6H3,(H,41,43)/b34-17+,35-19+/t38-,39+/m0/s1. The first-order valence-corrected chi connectivity index (χ1v) is 17.6. The first-order valence-electron chi connectivity index (χ1n) is 17.6. The largest absolute Gasteiger partial charge is 0.379 e. The lowest BCUT2D eigenvalue weighted by molar-refractivity contribution is -0.125. The van der Waals surface area contributed by atoms with E-state index in [0.717, 1.165) is 123 Å². The Morgan fingerprint density at radius 1 is 0.886 bits per heavy atom. The maximum Gasteiger partial charge on any atom is 0.223 e. The van der Waals surface area contributed by atoms with Crippen molar-refractivity contribution in [1.29, 1.82) is 0 Å². The maximum absolute atomic E-state index is 13.3. The van der Waals surface area contributed by atoms with Crippen molar-refractivity contribution in [2.24, 2.45) is 11.8 Å². The van der Waals surface area contributed by atoms with Gasteiger partial charge in [0.15, 0.2) is 0 Å². The van der Waals surface area contributed by atoms with Gasteiger partial charge in [-0.2, -0.15) is 0 Å². The first kappa shape index (κ1) is 38.0. The molecule has 2 atom stereocenters. The topological polar surface area (TPSA) is 41.6 Å². The highest BCUT2D eigenvalue weighted by Gasteiger charge is 2.27. The minimum absolute atomic E-state index is 0.0887. The third-order valence-corrected chi connectivity index (χ3v) is 8.99. The second-order valence-electron chi connectivity index (χ2n) is 13.9. The normalized spacial score (nSPS) is 19.7. The summed E-state index contributed by atoms with van der Waals surface area (Å²) in [6, 6.07) is 0. The number of carbonyl (C=O) groups is 1. The van der Waals surface area contributed by atoms with Gasteiger partial charge in [0.25, 0.3) is 0 Å². The zero-order valence-corrected chi connectivity index (χ0v) is 29.4. The average Bonchev–Trinajstić information content (AvgIpc) is 2.98. The van der Waals surface area contributed by atoms with Crippen LogP contribution in [0.5, 0.6) is 0 Å². The highest BCUT2D eigenvalue weighted by molar-refractivity contribution is 5.79. The minimum atomic E-state index is 0.0887. The molecule has 2 aliphatic rings. The Hall–Kier alpha value is -2.17. The maximum atomic E-state index is 13.3. The van der Waals surface area contributed by atoms with Crippen LogP contribution in [-0.2, 0) is 9.53 Å². The second kappa shape index (κ2) is 22.4. The Kier molecular flexibility index (Phi) is 19.3. The third-order valence-electron chi connectivity index (χ3n) is 8.99. The molecule has 0 unspecified atom stereocenters. The van der Waals surface area contributed by atoms with Crippen LogP contribution >= 0.6 is 0 Å². The van der Waals surface area contributed by atoms with Crippen LogP contribution in [0.4, 0.5) is 0 Å². The molecular formula is C40H66N2O2. The van der Waals surface area contributed by atoms with Gasteiger partial charge in [0.05, 0.1) is 13.2 Å². The fourth-order valence-corrected chi connectivity index (χ4v) is 6.23. The van der Waals surface area contributed by atoms with Crippen LogP contribution in [-0.4, -0.2) is 50.2 Å². The van der Waals surface area contributed by atoms with Crippen molar-refractivity contribution in [3.8, 4) is 0 Å². The van der Waals surface area contributed by atoms with Gasteiger partial charge in [0.1, 0.15) is 0 Å². The molecule has 1 aliphatic heterocycles. The van der Waals surface area contributed by atoms with Crippen molar-refractivity contribution >= 4 is 5.91 Å². The molecule has 248 valence electrons. The van der Waals surface area contributed by atoms with E-state index in [2.05, 4.69) is 88.7 Å². The van der Waals surface area contributed by atoms with E-state index >= 15 is 0 Å². The molecular weight excluding hydrogens is 540 g/mol. The molecule has 44 heavy (non-hydrogen) atoms. The average molecular weight is 607 g/mol. The van der Waals surface area contributed by atoms with Gasteiger partial charge in [-0.15, -0.1) is 0 Å². The molecule has 0 bridgehead atoms. The van der Waals surface area contributed by atoms with Crippen LogP contribution in [0.3, 0.4) is 0 Å². The number of amides is 1. The molecule has 4 heteroatoms. The van der Waals surface area contributed by atoms with E-state index in [1.807, 2.05) is 0 Å². The fraction of sp³-hybridized carbons (Fsp3) is 0.675. The number of hydrogen-bond acceptors (Lipinski definition) is 3. The minimum Gasteiger partial charge on any atom is -0.379 e. The SMILES string of the molecule is C=C(CC/C=C(\C)CCC=C(C)C)CC[C@H]1C=C(CC/C=C(\C)CCC=C(C)C)C[C@@H](C(=O)NCCCN2CCOCC2)C1. The molecule has 0 saturated carbocycles. The second-order valence-corrected chi connectivity index (χ2v) is 13.9. The van der Waals surface area contributed by atoms with Crippen molar-refractivity contribution in [2.45, 2.75) is 125 Å². The molecule has 0 spiro atoms. The number of morpholine rings is 1.